The minimum Gasteiger partial charge on any atom is -0.479 e. The molecular weight excluding hydrogens is 236 g/mol. The molecule has 0 fully saturated rings. The molecule has 6 heteroatoms. The van der Waals surface area contributed by atoms with Crippen molar-refractivity contribution in [3.8, 4) is 0 Å². The van der Waals surface area contributed by atoms with Crippen LogP contribution < -0.4 is 11.2 Å². The average molecular weight is 252 g/mol. The van der Waals surface area contributed by atoms with Crippen LogP contribution in [0.25, 0.3) is 0 Å². The molecule has 1 rings (SSSR count). The standard InChI is InChI=1S/C12H16N2O4/c13-10(12(17)14-18-8-11(15)16)7-6-9-4-2-1-3-5-9/h1-5,10H,6-8,13H2,(H,14,17)(H,15,16). The number of amides is 1. The summed E-state index contributed by atoms with van der Waals surface area (Å²) >= 11 is 0. The number of aliphatic carboxylic acids is 1. The summed E-state index contributed by atoms with van der Waals surface area (Å²) in [5.74, 6) is -1.68. The van der Waals surface area contributed by atoms with Gasteiger partial charge >= 0.3 is 5.97 Å². The van der Waals surface area contributed by atoms with Gasteiger partial charge in [-0.05, 0) is 18.4 Å². The normalized spacial score (nSPS) is 11.8. The van der Waals surface area contributed by atoms with Crippen LogP contribution in [0.5, 0.6) is 0 Å². The van der Waals surface area contributed by atoms with E-state index in [1.165, 1.54) is 0 Å². The molecule has 4 N–H and O–H groups in total. The van der Waals surface area contributed by atoms with Crippen LogP contribution in [-0.2, 0) is 20.8 Å². The van der Waals surface area contributed by atoms with Gasteiger partial charge in [0.05, 0.1) is 6.04 Å². The molecule has 1 aromatic carbocycles. The molecule has 1 atom stereocenters. The van der Waals surface area contributed by atoms with Crippen LogP contribution >= 0.6 is 0 Å². The molecule has 1 amide bonds. The van der Waals surface area contributed by atoms with E-state index < -0.39 is 24.5 Å². The van der Waals surface area contributed by atoms with Crippen molar-refractivity contribution in [3.05, 3.63) is 35.9 Å². The van der Waals surface area contributed by atoms with Crippen molar-refractivity contribution in [1.29, 1.82) is 0 Å². The number of carbonyl (C=O) groups excluding carboxylic acids is 1. The first-order valence-electron chi connectivity index (χ1n) is 5.52. The smallest absolute Gasteiger partial charge is 0.332 e. The second kappa shape index (κ2) is 7.41. The van der Waals surface area contributed by atoms with Crippen LogP contribution in [0.15, 0.2) is 30.3 Å². The van der Waals surface area contributed by atoms with Gasteiger partial charge in [-0.25, -0.2) is 10.3 Å². The number of carboxylic acids is 1. The maximum absolute atomic E-state index is 11.4. The van der Waals surface area contributed by atoms with Crippen molar-refractivity contribution in [2.75, 3.05) is 6.61 Å². The number of nitrogens with two attached hydrogens (primary N) is 1. The molecular formula is C12H16N2O4. The largest absolute Gasteiger partial charge is 0.479 e. The third-order valence-electron chi connectivity index (χ3n) is 2.29. The van der Waals surface area contributed by atoms with Crippen molar-refractivity contribution in [2.45, 2.75) is 18.9 Å². The molecule has 0 saturated heterocycles. The molecule has 0 saturated carbocycles. The first-order chi connectivity index (χ1) is 8.59. The second-order valence-electron chi connectivity index (χ2n) is 3.78. The van der Waals surface area contributed by atoms with Gasteiger partial charge in [0.15, 0.2) is 6.61 Å². The zero-order chi connectivity index (χ0) is 13.4. The molecule has 0 aliphatic heterocycles. The summed E-state index contributed by atoms with van der Waals surface area (Å²) in [6.45, 7) is -0.586. The van der Waals surface area contributed by atoms with Gasteiger partial charge in [-0.3, -0.25) is 9.63 Å². The number of hydroxylamine groups is 1. The third-order valence-corrected chi connectivity index (χ3v) is 2.29. The van der Waals surface area contributed by atoms with E-state index in [1.807, 2.05) is 35.8 Å². The number of hydrogen-bond acceptors (Lipinski definition) is 4. The maximum Gasteiger partial charge on any atom is 0.332 e. The zero-order valence-corrected chi connectivity index (χ0v) is 9.83. The fourth-order valence-electron chi connectivity index (χ4n) is 1.34. The molecule has 0 radical (unpaired) electrons. The van der Waals surface area contributed by atoms with E-state index in [2.05, 4.69) is 4.84 Å². The second-order valence-corrected chi connectivity index (χ2v) is 3.78. The summed E-state index contributed by atoms with van der Waals surface area (Å²) in [5, 5.41) is 8.31. The van der Waals surface area contributed by atoms with Crippen LogP contribution in [0.1, 0.15) is 12.0 Å². The van der Waals surface area contributed by atoms with Crippen molar-refractivity contribution < 1.29 is 19.5 Å². The lowest BCUT2D eigenvalue weighted by Crippen LogP contribution is -2.41. The highest BCUT2D eigenvalue weighted by Gasteiger charge is 2.13. The Kier molecular flexibility index (Phi) is 5.83. The lowest BCUT2D eigenvalue weighted by molar-refractivity contribution is -0.149. The number of hydrogen-bond donors (Lipinski definition) is 3. The van der Waals surface area contributed by atoms with E-state index in [9.17, 15) is 9.59 Å². The number of carbonyl (C=O) groups is 2. The first-order valence-corrected chi connectivity index (χ1v) is 5.52. The Bertz CT molecular complexity index is 394. The summed E-state index contributed by atoms with van der Waals surface area (Å²) in [5.41, 5.74) is 8.74. The zero-order valence-electron chi connectivity index (χ0n) is 9.83. The van der Waals surface area contributed by atoms with Crippen LogP contribution in [0.4, 0.5) is 0 Å². The molecule has 0 aliphatic rings. The molecule has 6 nitrogen and oxygen atoms in total. The highest BCUT2D eigenvalue weighted by molar-refractivity contribution is 5.80. The average Bonchev–Trinajstić information content (AvgIpc) is 2.36. The summed E-state index contributed by atoms with van der Waals surface area (Å²) in [6.07, 6.45) is 1.14. The fourth-order valence-corrected chi connectivity index (χ4v) is 1.34. The highest BCUT2D eigenvalue weighted by Crippen LogP contribution is 2.03. The monoisotopic (exact) mass is 252 g/mol. The Hall–Kier alpha value is -1.92. The third kappa shape index (κ3) is 5.42. The predicted molar refractivity (Wildman–Crippen MR) is 64.5 cm³/mol. The summed E-state index contributed by atoms with van der Waals surface area (Å²) < 4.78 is 0. The molecule has 18 heavy (non-hydrogen) atoms. The number of carboxylic acid groups (broad SMARTS) is 1. The SMILES string of the molecule is NC(CCc1ccccc1)C(=O)NOCC(=O)O. The first kappa shape index (κ1) is 14.1. The van der Waals surface area contributed by atoms with Gasteiger partial charge in [-0.1, -0.05) is 30.3 Å². The Morgan fingerprint density at radius 1 is 1.33 bits per heavy atom. The maximum atomic E-state index is 11.4. The van der Waals surface area contributed by atoms with Crippen LogP contribution in [0.2, 0.25) is 0 Å². The van der Waals surface area contributed by atoms with Gasteiger partial charge in [0.1, 0.15) is 0 Å². The molecule has 0 bridgehead atoms. The predicted octanol–water partition coefficient (Wildman–Crippen LogP) is 0.0789. The van der Waals surface area contributed by atoms with E-state index in [1.54, 1.807) is 0 Å². The Balaban J connectivity index is 2.25. The minimum atomic E-state index is -1.16. The molecule has 0 spiro atoms. The van der Waals surface area contributed by atoms with Gasteiger partial charge in [0, 0.05) is 0 Å². The van der Waals surface area contributed by atoms with Gasteiger partial charge in [-0.15, -0.1) is 0 Å². The summed E-state index contributed by atoms with van der Waals surface area (Å²) in [6, 6.07) is 8.92. The number of rotatable bonds is 7. The minimum absolute atomic E-state index is 0.465. The van der Waals surface area contributed by atoms with E-state index in [-0.39, 0.29) is 0 Å². The molecule has 0 aliphatic carbocycles. The van der Waals surface area contributed by atoms with Crippen LogP contribution in [-0.4, -0.2) is 29.6 Å². The van der Waals surface area contributed by atoms with E-state index in [4.69, 9.17) is 10.8 Å². The Morgan fingerprint density at radius 3 is 2.61 bits per heavy atom. The lowest BCUT2D eigenvalue weighted by atomic mass is 10.1. The van der Waals surface area contributed by atoms with Crippen LogP contribution in [0.3, 0.4) is 0 Å². The van der Waals surface area contributed by atoms with Crippen molar-refractivity contribution in [2.24, 2.45) is 5.73 Å². The van der Waals surface area contributed by atoms with Gasteiger partial charge in [-0.2, -0.15) is 0 Å². The number of benzene rings is 1. The Labute approximate surface area is 105 Å². The molecule has 0 heterocycles. The molecule has 1 unspecified atom stereocenters. The Morgan fingerprint density at radius 2 is 2.00 bits per heavy atom. The summed E-state index contributed by atoms with van der Waals surface area (Å²) in [7, 11) is 0. The lowest BCUT2D eigenvalue weighted by Gasteiger charge is -2.11. The quantitative estimate of drug-likeness (QED) is 0.596. The summed E-state index contributed by atoms with van der Waals surface area (Å²) in [4.78, 5) is 26.0. The number of nitrogens with one attached hydrogen (secondary N) is 1. The van der Waals surface area contributed by atoms with Crippen LogP contribution in [0, 0.1) is 0 Å². The topological polar surface area (TPSA) is 102 Å². The fraction of sp³-hybridized carbons (Fsp3) is 0.333. The highest BCUT2D eigenvalue weighted by atomic mass is 16.7. The number of aryl methyl sites for hydroxylation is 1. The van der Waals surface area contributed by atoms with E-state index >= 15 is 0 Å². The van der Waals surface area contributed by atoms with Gasteiger partial charge in [0.2, 0.25) is 0 Å². The molecule has 98 valence electrons. The molecule has 0 aromatic heterocycles. The van der Waals surface area contributed by atoms with Crippen molar-refractivity contribution in [3.63, 3.8) is 0 Å². The van der Waals surface area contributed by atoms with Crippen molar-refractivity contribution in [1.82, 2.24) is 5.48 Å². The van der Waals surface area contributed by atoms with Gasteiger partial charge < -0.3 is 10.8 Å². The van der Waals surface area contributed by atoms with Crippen molar-refractivity contribution >= 4 is 11.9 Å². The van der Waals surface area contributed by atoms with E-state index in [0.717, 1.165) is 5.56 Å². The van der Waals surface area contributed by atoms with E-state index in [0.29, 0.717) is 12.8 Å². The molecule has 1 aromatic rings. The van der Waals surface area contributed by atoms with Gasteiger partial charge in [0.25, 0.3) is 5.91 Å².